The lowest BCUT2D eigenvalue weighted by Gasteiger charge is -2.42. The molecule has 2 aromatic rings. The van der Waals surface area contributed by atoms with Gasteiger partial charge < -0.3 is 14.4 Å². The van der Waals surface area contributed by atoms with Crippen molar-refractivity contribution < 1.29 is 32.2 Å². The second kappa shape index (κ2) is 7.18. The number of carbonyl (C=O) groups is 2. The maximum atomic E-state index is 13.7. The second-order valence-corrected chi connectivity index (χ2v) is 8.60. The van der Waals surface area contributed by atoms with Gasteiger partial charge in [0.25, 0.3) is 5.91 Å². The molecule has 5 rings (SSSR count). The Morgan fingerprint density at radius 3 is 2.39 bits per heavy atom. The van der Waals surface area contributed by atoms with E-state index in [2.05, 4.69) is 5.10 Å². The fourth-order valence-electron chi connectivity index (χ4n) is 4.13. The van der Waals surface area contributed by atoms with Crippen molar-refractivity contribution >= 4 is 28.8 Å². The molecule has 1 spiro atoms. The molecule has 0 N–H and O–H groups in total. The maximum absolute atomic E-state index is 13.7. The molecule has 4 heterocycles. The van der Waals surface area contributed by atoms with E-state index in [1.165, 1.54) is 4.90 Å². The molecule has 0 atom stereocenters. The van der Waals surface area contributed by atoms with Crippen molar-refractivity contribution in [1.82, 2.24) is 14.5 Å². The summed E-state index contributed by atoms with van der Waals surface area (Å²) in [4.78, 5) is 25.8. The topological polar surface area (TPSA) is 73.1 Å². The standard InChI is InChI=1S/C20H19ClF3N3O4/c21-16-14-7-12(11-1-2-11)8-15(20(22,23)24)27(14)25-17(16)18(29)26-5-3-19(4-6-26)30-9-13(28)10-31-19/h7-8,11H,1-6,9-10H2. The van der Waals surface area contributed by atoms with Gasteiger partial charge in [0.2, 0.25) is 0 Å². The van der Waals surface area contributed by atoms with Crippen LogP contribution < -0.4 is 0 Å². The third-order valence-electron chi connectivity index (χ3n) is 6.04. The summed E-state index contributed by atoms with van der Waals surface area (Å²) in [5, 5.41) is 3.87. The number of halogens is 4. The number of aromatic nitrogens is 2. The molecule has 0 unspecified atom stereocenters. The third-order valence-corrected chi connectivity index (χ3v) is 6.42. The van der Waals surface area contributed by atoms with Crippen LogP contribution in [-0.4, -0.2) is 58.3 Å². The molecule has 11 heteroatoms. The Hall–Kier alpha value is -2.17. The lowest BCUT2D eigenvalue weighted by Crippen LogP contribution is -2.53. The zero-order chi connectivity index (χ0) is 22.0. The number of pyridine rings is 1. The van der Waals surface area contributed by atoms with E-state index in [9.17, 15) is 22.8 Å². The molecular weight excluding hydrogens is 439 g/mol. The summed E-state index contributed by atoms with van der Waals surface area (Å²) in [5.74, 6) is -1.52. The third kappa shape index (κ3) is 3.70. The monoisotopic (exact) mass is 457 g/mol. The van der Waals surface area contributed by atoms with Crippen molar-refractivity contribution in [2.24, 2.45) is 0 Å². The zero-order valence-electron chi connectivity index (χ0n) is 16.4. The Morgan fingerprint density at radius 2 is 1.81 bits per heavy atom. The van der Waals surface area contributed by atoms with Gasteiger partial charge in [-0.2, -0.15) is 18.3 Å². The van der Waals surface area contributed by atoms with Crippen LogP contribution in [0.2, 0.25) is 5.02 Å². The van der Waals surface area contributed by atoms with Crippen LogP contribution in [0.15, 0.2) is 12.1 Å². The summed E-state index contributed by atoms with van der Waals surface area (Å²) in [6.45, 7) is 0.429. The predicted octanol–water partition coefficient (Wildman–Crippen LogP) is 3.43. The number of amides is 1. The second-order valence-electron chi connectivity index (χ2n) is 8.22. The Morgan fingerprint density at radius 1 is 1.16 bits per heavy atom. The minimum absolute atomic E-state index is 0.0320. The van der Waals surface area contributed by atoms with E-state index in [4.69, 9.17) is 21.1 Å². The van der Waals surface area contributed by atoms with Crippen LogP contribution in [0.1, 0.15) is 53.3 Å². The van der Waals surface area contributed by atoms with Gasteiger partial charge >= 0.3 is 6.18 Å². The molecular formula is C20H19ClF3N3O4. The molecule has 0 radical (unpaired) electrons. The number of alkyl halides is 3. The summed E-state index contributed by atoms with van der Waals surface area (Å²) in [5.41, 5.74) is -0.523. The Kier molecular flexibility index (Phi) is 4.80. The number of fused-ring (bicyclic) bond motifs is 1. The first-order valence-electron chi connectivity index (χ1n) is 10.1. The van der Waals surface area contributed by atoms with E-state index in [0.29, 0.717) is 22.9 Å². The molecule has 0 aromatic carbocycles. The molecule has 31 heavy (non-hydrogen) atoms. The lowest BCUT2D eigenvalue weighted by atomic mass is 10.0. The van der Waals surface area contributed by atoms with E-state index in [1.807, 2.05) is 0 Å². The Bertz CT molecular complexity index is 1060. The number of hydrogen-bond acceptors (Lipinski definition) is 5. The highest BCUT2D eigenvalue weighted by Crippen LogP contribution is 2.43. The minimum atomic E-state index is -4.64. The lowest BCUT2D eigenvalue weighted by molar-refractivity contribution is -0.269. The van der Waals surface area contributed by atoms with Gasteiger partial charge in [-0.1, -0.05) is 11.6 Å². The molecule has 1 amide bonds. The molecule has 1 aliphatic carbocycles. The van der Waals surface area contributed by atoms with Gasteiger partial charge in [-0.05, 0) is 36.5 Å². The SMILES string of the molecule is O=C1COC2(CCN(C(=O)c3nn4c(C(F)(F)F)cc(C5CC5)cc4c3Cl)CC2)OC1. The molecule has 2 aliphatic heterocycles. The van der Waals surface area contributed by atoms with Crippen LogP contribution in [-0.2, 0) is 20.4 Å². The Labute approximate surface area is 180 Å². The highest BCUT2D eigenvalue weighted by molar-refractivity contribution is 6.36. The van der Waals surface area contributed by atoms with Crippen molar-refractivity contribution in [3.63, 3.8) is 0 Å². The first-order chi connectivity index (χ1) is 14.7. The summed E-state index contributed by atoms with van der Waals surface area (Å²) in [6.07, 6.45) is -2.29. The van der Waals surface area contributed by atoms with E-state index in [0.717, 1.165) is 18.9 Å². The van der Waals surface area contributed by atoms with Crippen molar-refractivity contribution in [3.05, 3.63) is 34.1 Å². The average Bonchev–Trinajstić information content (AvgIpc) is 3.53. The van der Waals surface area contributed by atoms with Gasteiger partial charge in [0, 0.05) is 25.9 Å². The van der Waals surface area contributed by atoms with Crippen LogP contribution in [0, 0.1) is 0 Å². The molecule has 2 aromatic heterocycles. The number of carbonyl (C=O) groups excluding carboxylic acids is 2. The van der Waals surface area contributed by atoms with Gasteiger partial charge in [-0.15, -0.1) is 0 Å². The normalized spacial score (nSPS) is 21.8. The smallest absolute Gasteiger partial charge is 0.342 e. The van der Waals surface area contributed by atoms with Crippen molar-refractivity contribution in [3.8, 4) is 0 Å². The summed E-state index contributed by atoms with van der Waals surface area (Å²) in [7, 11) is 0. The van der Waals surface area contributed by atoms with Crippen molar-refractivity contribution in [1.29, 1.82) is 0 Å². The molecule has 0 bridgehead atoms. The van der Waals surface area contributed by atoms with E-state index < -0.39 is 23.6 Å². The number of Topliss-reactive ketones (excluding diaryl/α,β-unsaturated/α-hetero) is 1. The fourth-order valence-corrected chi connectivity index (χ4v) is 4.38. The highest BCUT2D eigenvalue weighted by Gasteiger charge is 2.42. The van der Waals surface area contributed by atoms with Crippen LogP contribution in [0.4, 0.5) is 13.2 Å². The molecule has 3 aliphatic rings. The predicted molar refractivity (Wildman–Crippen MR) is 102 cm³/mol. The summed E-state index contributed by atoms with van der Waals surface area (Å²) < 4.78 is 52.8. The molecule has 3 fully saturated rings. The van der Waals surface area contributed by atoms with E-state index >= 15 is 0 Å². The quantitative estimate of drug-likeness (QED) is 0.691. The van der Waals surface area contributed by atoms with Crippen molar-refractivity contribution in [2.75, 3.05) is 26.3 Å². The van der Waals surface area contributed by atoms with Gasteiger partial charge in [-0.25, -0.2) is 4.52 Å². The van der Waals surface area contributed by atoms with Crippen LogP contribution in [0.5, 0.6) is 0 Å². The van der Waals surface area contributed by atoms with Crippen LogP contribution >= 0.6 is 11.6 Å². The number of hydrogen-bond donors (Lipinski definition) is 0. The average molecular weight is 458 g/mol. The number of ether oxygens (including phenoxy) is 2. The number of nitrogens with zero attached hydrogens (tertiary/aromatic N) is 3. The van der Waals surface area contributed by atoms with Gasteiger partial charge in [0.15, 0.2) is 17.3 Å². The van der Waals surface area contributed by atoms with Crippen LogP contribution in [0.3, 0.4) is 0 Å². The molecule has 166 valence electrons. The van der Waals surface area contributed by atoms with Crippen molar-refractivity contribution in [2.45, 2.75) is 43.6 Å². The summed E-state index contributed by atoms with van der Waals surface area (Å²) in [6, 6.07) is 2.68. The number of ketones is 1. The molecule has 7 nitrogen and oxygen atoms in total. The maximum Gasteiger partial charge on any atom is 0.433 e. The number of piperidine rings is 1. The van der Waals surface area contributed by atoms with E-state index in [1.54, 1.807) is 6.07 Å². The van der Waals surface area contributed by atoms with Gasteiger partial charge in [-0.3, -0.25) is 9.59 Å². The number of rotatable bonds is 2. The number of likely N-dealkylation sites (tertiary alicyclic amines) is 1. The first-order valence-corrected chi connectivity index (χ1v) is 10.4. The summed E-state index contributed by atoms with van der Waals surface area (Å²) >= 11 is 6.36. The Balaban J connectivity index is 1.43. The molecule has 1 saturated carbocycles. The highest BCUT2D eigenvalue weighted by atomic mass is 35.5. The van der Waals surface area contributed by atoms with E-state index in [-0.39, 0.29) is 54.2 Å². The van der Waals surface area contributed by atoms with Crippen LogP contribution in [0.25, 0.3) is 5.52 Å². The largest absolute Gasteiger partial charge is 0.433 e. The zero-order valence-corrected chi connectivity index (χ0v) is 17.1. The van der Waals surface area contributed by atoms with Gasteiger partial charge in [0.05, 0.1) is 10.5 Å². The minimum Gasteiger partial charge on any atom is -0.342 e. The molecule has 2 saturated heterocycles. The fraction of sp³-hybridized carbons (Fsp3) is 0.550. The first kappa shape index (κ1) is 20.7. The van der Waals surface area contributed by atoms with Gasteiger partial charge in [0.1, 0.15) is 18.9 Å².